The molecule has 1 amide bonds. The van der Waals surface area contributed by atoms with Crippen molar-refractivity contribution >= 4 is 17.4 Å². The van der Waals surface area contributed by atoms with Crippen molar-refractivity contribution < 1.29 is 24.2 Å². The van der Waals surface area contributed by atoms with E-state index >= 15 is 0 Å². The zero-order chi connectivity index (χ0) is 24.8. The van der Waals surface area contributed by atoms with E-state index < -0.39 is 17.7 Å². The molecule has 2 aromatic carbocycles. The minimum Gasteiger partial charge on any atom is -0.507 e. The fraction of sp³-hybridized carbons (Fsp3) is 0.429. The molecule has 0 aliphatic carbocycles. The molecule has 1 heterocycles. The quantitative estimate of drug-likeness (QED) is 0.273. The number of ketones is 1. The Bertz CT molecular complexity index is 1070. The summed E-state index contributed by atoms with van der Waals surface area (Å²) in [7, 11) is 0. The molecule has 0 saturated carbocycles. The summed E-state index contributed by atoms with van der Waals surface area (Å²) in [5.41, 5.74) is 2.16. The van der Waals surface area contributed by atoms with Gasteiger partial charge >= 0.3 is 0 Å². The molecule has 1 aliphatic heterocycles. The number of carbonyl (C=O) groups excluding carboxylic acids is 2. The molecule has 182 valence electrons. The first kappa shape index (κ1) is 25.3. The monoisotopic (exact) mass is 465 g/mol. The molecule has 1 atom stereocenters. The van der Waals surface area contributed by atoms with Gasteiger partial charge in [-0.25, -0.2) is 0 Å². The van der Waals surface area contributed by atoms with Gasteiger partial charge in [-0.1, -0.05) is 32.4 Å². The van der Waals surface area contributed by atoms with Crippen molar-refractivity contribution in [3.05, 3.63) is 64.7 Å². The average molecular weight is 466 g/mol. The number of rotatable bonds is 10. The molecule has 1 N–H and O–H groups in total. The number of aryl methyl sites for hydroxylation is 1. The molecular weight excluding hydrogens is 430 g/mol. The normalized spacial score (nSPS) is 17.5. The standard InChI is InChI=1S/C28H35NO5/c1-6-8-14-29-25(20-10-9-11-22(17-20)33-15-7-2)24(27(31)28(29)32)26(30)21-12-13-23(19(5)16-21)34-18(3)4/h9-13,16-18,25,30H,6-8,14-15H2,1-5H3/b26-24+. The fourth-order valence-corrected chi connectivity index (χ4v) is 4.12. The molecule has 1 unspecified atom stereocenters. The zero-order valence-corrected chi connectivity index (χ0v) is 20.8. The summed E-state index contributed by atoms with van der Waals surface area (Å²) in [5, 5.41) is 11.3. The maximum absolute atomic E-state index is 13.2. The first-order chi connectivity index (χ1) is 16.3. The summed E-state index contributed by atoms with van der Waals surface area (Å²) in [6.45, 7) is 10.9. The summed E-state index contributed by atoms with van der Waals surface area (Å²) in [5.74, 6) is -0.0461. The number of hydrogen-bond acceptors (Lipinski definition) is 5. The topological polar surface area (TPSA) is 76.1 Å². The lowest BCUT2D eigenvalue weighted by atomic mass is 9.94. The van der Waals surface area contributed by atoms with Crippen LogP contribution < -0.4 is 9.47 Å². The first-order valence-electron chi connectivity index (χ1n) is 12.1. The van der Waals surface area contributed by atoms with Gasteiger partial charge in [-0.3, -0.25) is 9.59 Å². The molecule has 34 heavy (non-hydrogen) atoms. The molecule has 0 bridgehead atoms. The maximum atomic E-state index is 13.2. The Morgan fingerprint density at radius 1 is 1.09 bits per heavy atom. The third-order valence-electron chi connectivity index (χ3n) is 5.75. The van der Waals surface area contributed by atoms with Crippen molar-refractivity contribution in [3.8, 4) is 11.5 Å². The van der Waals surface area contributed by atoms with E-state index in [0.717, 1.165) is 30.4 Å². The number of aliphatic hydroxyl groups is 1. The van der Waals surface area contributed by atoms with Gasteiger partial charge in [0.2, 0.25) is 0 Å². The number of Topliss-reactive ketones (excluding diaryl/α,β-unsaturated/α-hetero) is 1. The number of benzene rings is 2. The summed E-state index contributed by atoms with van der Waals surface area (Å²) in [6, 6.07) is 12.0. The lowest BCUT2D eigenvalue weighted by Crippen LogP contribution is -2.30. The molecule has 1 saturated heterocycles. The zero-order valence-electron chi connectivity index (χ0n) is 20.8. The number of ether oxygens (including phenoxy) is 2. The SMILES string of the molecule is CCCCN1C(=O)C(=O)/C(=C(/O)c2ccc(OC(C)C)c(C)c2)C1c1cccc(OCCC)c1. The van der Waals surface area contributed by atoms with Crippen LogP contribution in [-0.2, 0) is 9.59 Å². The van der Waals surface area contributed by atoms with E-state index in [1.165, 1.54) is 0 Å². The molecule has 0 radical (unpaired) electrons. The first-order valence-corrected chi connectivity index (χ1v) is 12.1. The molecule has 1 fully saturated rings. The van der Waals surface area contributed by atoms with Crippen LogP contribution in [0.4, 0.5) is 0 Å². The highest BCUT2D eigenvalue weighted by Gasteiger charge is 2.45. The van der Waals surface area contributed by atoms with Crippen molar-refractivity contribution in [2.45, 2.75) is 66.0 Å². The van der Waals surface area contributed by atoms with E-state index in [2.05, 4.69) is 0 Å². The Morgan fingerprint density at radius 3 is 2.50 bits per heavy atom. The van der Waals surface area contributed by atoms with Crippen molar-refractivity contribution in [1.82, 2.24) is 4.90 Å². The second-order valence-electron chi connectivity index (χ2n) is 8.91. The van der Waals surface area contributed by atoms with Crippen molar-refractivity contribution in [1.29, 1.82) is 0 Å². The van der Waals surface area contributed by atoms with Crippen LogP contribution in [0.15, 0.2) is 48.0 Å². The fourth-order valence-electron chi connectivity index (χ4n) is 4.12. The number of hydrogen-bond donors (Lipinski definition) is 1. The highest BCUT2D eigenvalue weighted by atomic mass is 16.5. The van der Waals surface area contributed by atoms with Gasteiger partial charge in [0.05, 0.1) is 24.3 Å². The van der Waals surface area contributed by atoms with E-state index in [1.54, 1.807) is 23.1 Å². The van der Waals surface area contributed by atoms with Gasteiger partial charge in [0.25, 0.3) is 11.7 Å². The van der Waals surface area contributed by atoms with Crippen LogP contribution in [0.25, 0.3) is 5.76 Å². The van der Waals surface area contributed by atoms with E-state index in [4.69, 9.17) is 9.47 Å². The van der Waals surface area contributed by atoms with Crippen LogP contribution in [0, 0.1) is 6.92 Å². The summed E-state index contributed by atoms with van der Waals surface area (Å²) >= 11 is 0. The Labute approximate surface area is 202 Å². The second kappa shape index (κ2) is 11.2. The predicted molar refractivity (Wildman–Crippen MR) is 133 cm³/mol. The number of likely N-dealkylation sites (tertiary alicyclic amines) is 1. The Hall–Kier alpha value is -3.28. The number of amides is 1. The smallest absolute Gasteiger partial charge is 0.295 e. The van der Waals surface area contributed by atoms with E-state index in [-0.39, 0.29) is 17.4 Å². The minimum absolute atomic E-state index is 0.0178. The third kappa shape index (κ3) is 5.44. The van der Waals surface area contributed by atoms with Crippen molar-refractivity contribution in [3.63, 3.8) is 0 Å². The molecule has 1 aliphatic rings. The van der Waals surface area contributed by atoms with Gasteiger partial charge < -0.3 is 19.5 Å². The summed E-state index contributed by atoms with van der Waals surface area (Å²) in [4.78, 5) is 27.8. The number of carbonyl (C=O) groups is 2. The molecule has 3 rings (SSSR count). The van der Waals surface area contributed by atoms with Crippen LogP contribution in [0.2, 0.25) is 0 Å². The van der Waals surface area contributed by atoms with Crippen LogP contribution in [0.1, 0.15) is 69.7 Å². The van der Waals surface area contributed by atoms with Gasteiger partial charge in [0.1, 0.15) is 17.3 Å². The van der Waals surface area contributed by atoms with Gasteiger partial charge in [-0.05, 0) is 75.1 Å². The highest BCUT2D eigenvalue weighted by molar-refractivity contribution is 6.46. The molecule has 6 heteroatoms. The minimum atomic E-state index is -0.677. The molecule has 2 aromatic rings. The Morgan fingerprint density at radius 2 is 1.85 bits per heavy atom. The lowest BCUT2D eigenvalue weighted by molar-refractivity contribution is -0.139. The molecule has 0 aromatic heterocycles. The van der Waals surface area contributed by atoms with Crippen LogP contribution in [0.3, 0.4) is 0 Å². The van der Waals surface area contributed by atoms with Crippen LogP contribution >= 0.6 is 0 Å². The second-order valence-corrected chi connectivity index (χ2v) is 8.91. The molecule has 0 spiro atoms. The Balaban J connectivity index is 2.11. The van der Waals surface area contributed by atoms with Gasteiger partial charge in [0.15, 0.2) is 0 Å². The predicted octanol–water partition coefficient (Wildman–Crippen LogP) is 5.79. The molecular formula is C28H35NO5. The average Bonchev–Trinajstić information content (AvgIpc) is 3.07. The largest absolute Gasteiger partial charge is 0.507 e. The lowest BCUT2D eigenvalue weighted by Gasteiger charge is -2.25. The maximum Gasteiger partial charge on any atom is 0.295 e. The molecule has 6 nitrogen and oxygen atoms in total. The van der Waals surface area contributed by atoms with E-state index in [0.29, 0.717) is 30.2 Å². The number of aliphatic hydroxyl groups excluding tert-OH is 1. The highest BCUT2D eigenvalue weighted by Crippen LogP contribution is 2.40. The Kier molecular flexibility index (Phi) is 8.37. The van der Waals surface area contributed by atoms with Crippen molar-refractivity contribution in [2.75, 3.05) is 13.2 Å². The van der Waals surface area contributed by atoms with Gasteiger partial charge in [0, 0.05) is 12.1 Å². The third-order valence-corrected chi connectivity index (χ3v) is 5.75. The summed E-state index contributed by atoms with van der Waals surface area (Å²) in [6.07, 6.45) is 2.53. The summed E-state index contributed by atoms with van der Waals surface area (Å²) < 4.78 is 11.6. The number of nitrogens with zero attached hydrogens (tertiary/aromatic N) is 1. The number of unbranched alkanes of at least 4 members (excludes halogenated alkanes) is 1. The van der Waals surface area contributed by atoms with E-state index in [9.17, 15) is 14.7 Å². The van der Waals surface area contributed by atoms with Crippen molar-refractivity contribution in [2.24, 2.45) is 0 Å². The van der Waals surface area contributed by atoms with Gasteiger partial charge in [-0.15, -0.1) is 0 Å². The van der Waals surface area contributed by atoms with Gasteiger partial charge in [-0.2, -0.15) is 0 Å². The van der Waals surface area contributed by atoms with E-state index in [1.807, 2.05) is 58.9 Å². The van der Waals surface area contributed by atoms with Crippen LogP contribution in [0.5, 0.6) is 11.5 Å². The van der Waals surface area contributed by atoms with Crippen LogP contribution in [-0.4, -0.2) is 41.0 Å².